The van der Waals surface area contributed by atoms with Gasteiger partial charge in [0.1, 0.15) is 5.75 Å². The van der Waals surface area contributed by atoms with Crippen LogP contribution in [0.25, 0.3) is 6.08 Å². The topological polar surface area (TPSA) is 46.5 Å². The largest absolute Gasteiger partial charge is 0.465 e. The number of hydrogen-bond acceptors (Lipinski definition) is 3. The lowest BCUT2D eigenvalue weighted by Crippen LogP contribution is -2.15. The lowest BCUT2D eigenvalue weighted by atomic mass is 10.1. The number of benzene rings is 2. The summed E-state index contributed by atoms with van der Waals surface area (Å²) in [5.74, 6) is 0.613. The van der Waals surface area contributed by atoms with Gasteiger partial charge in [0.05, 0.1) is 0 Å². The first-order valence-electron chi connectivity index (χ1n) is 9.41. The van der Waals surface area contributed by atoms with Gasteiger partial charge in [-0.05, 0) is 30.2 Å². The summed E-state index contributed by atoms with van der Waals surface area (Å²) in [6.07, 6.45) is 9.02. The van der Waals surface area contributed by atoms with E-state index in [-0.39, 0.29) is 5.78 Å². The van der Waals surface area contributed by atoms with Gasteiger partial charge >= 0.3 is 0 Å². The predicted octanol–water partition coefficient (Wildman–Crippen LogP) is 5.64. The maximum Gasteiger partial charge on any atom is 0.197 e. The number of rotatable bonds is 11. The van der Waals surface area contributed by atoms with E-state index >= 15 is 0 Å². The Hall–Kier alpha value is -2.39. The molecular weight excluding hydrogens is 324 g/mol. The summed E-state index contributed by atoms with van der Waals surface area (Å²) in [4.78, 5) is 12.1. The predicted molar refractivity (Wildman–Crippen MR) is 106 cm³/mol. The molecule has 26 heavy (non-hydrogen) atoms. The molecule has 0 amide bonds. The van der Waals surface area contributed by atoms with Crippen LogP contribution in [-0.2, 0) is 0 Å². The van der Waals surface area contributed by atoms with E-state index < -0.39 is 6.29 Å². The maximum atomic E-state index is 12.1. The number of aliphatic hydroxyl groups excluding tert-OH is 1. The van der Waals surface area contributed by atoms with E-state index in [0.717, 1.165) is 18.4 Å². The van der Waals surface area contributed by atoms with Crippen molar-refractivity contribution in [2.45, 2.75) is 51.7 Å². The zero-order valence-electron chi connectivity index (χ0n) is 15.4. The lowest BCUT2D eigenvalue weighted by Gasteiger charge is -2.13. The smallest absolute Gasteiger partial charge is 0.197 e. The van der Waals surface area contributed by atoms with Gasteiger partial charge in [0, 0.05) is 12.0 Å². The number of ketones is 1. The minimum Gasteiger partial charge on any atom is -0.465 e. The molecule has 0 bridgehead atoms. The van der Waals surface area contributed by atoms with Gasteiger partial charge in [-0.2, -0.15) is 0 Å². The fraction of sp³-hybridized carbons (Fsp3) is 0.348. The summed E-state index contributed by atoms with van der Waals surface area (Å²) >= 11 is 0. The molecule has 0 radical (unpaired) electrons. The lowest BCUT2D eigenvalue weighted by molar-refractivity contribution is -0.0246. The van der Waals surface area contributed by atoms with E-state index in [9.17, 15) is 9.90 Å². The average molecular weight is 352 g/mol. The molecule has 0 fully saturated rings. The minimum atomic E-state index is -0.766. The molecule has 3 heteroatoms. The second-order valence-corrected chi connectivity index (χ2v) is 6.41. The molecule has 0 aliphatic heterocycles. The molecule has 1 atom stereocenters. The van der Waals surface area contributed by atoms with Crippen LogP contribution in [0.15, 0.2) is 60.7 Å². The summed E-state index contributed by atoms with van der Waals surface area (Å²) in [6, 6.07) is 16.6. The van der Waals surface area contributed by atoms with Gasteiger partial charge in [0.2, 0.25) is 0 Å². The van der Waals surface area contributed by atoms with Crippen molar-refractivity contribution in [3.05, 3.63) is 71.8 Å². The van der Waals surface area contributed by atoms with Crippen molar-refractivity contribution in [3.8, 4) is 5.75 Å². The molecule has 2 aromatic carbocycles. The minimum absolute atomic E-state index is 0.0237. The number of carbonyl (C=O) groups excluding carboxylic acids is 1. The van der Waals surface area contributed by atoms with Crippen LogP contribution < -0.4 is 4.74 Å². The summed E-state index contributed by atoms with van der Waals surface area (Å²) in [6.45, 7) is 2.19. The van der Waals surface area contributed by atoms with Crippen molar-refractivity contribution >= 4 is 11.9 Å². The number of aliphatic hydroxyl groups is 1. The van der Waals surface area contributed by atoms with E-state index in [1.54, 1.807) is 24.3 Å². The van der Waals surface area contributed by atoms with Crippen LogP contribution in [0.5, 0.6) is 5.75 Å². The molecule has 1 unspecified atom stereocenters. The van der Waals surface area contributed by atoms with Crippen LogP contribution in [-0.4, -0.2) is 17.2 Å². The molecule has 0 aliphatic carbocycles. The normalized spacial score (nSPS) is 12.2. The zero-order chi connectivity index (χ0) is 18.6. The summed E-state index contributed by atoms with van der Waals surface area (Å²) in [5.41, 5.74) is 1.58. The highest BCUT2D eigenvalue weighted by Crippen LogP contribution is 2.17. The number of ether oxygens (including phenoxy) is 1. The molecule has 0 aliphatic rings. The summed E-state index contributed by atoms with van der Waals surface area (Å²) < 4.78 is 5.54. The molecule has 0 spiro atoms. The molecule has 0 aromatic heterocycles. The fourth-order valence-electron chi connectivity index (χ4n) is 2.67. The Balaban J connectivity index is 1.78. The molecule has 0 heterocycles. The van der Waals surface area contributed by atoms with Gasteiger partial charge in [-0.25, -0.2) is 0 Å². The highest BCUT2D eigenvalue weighted by Gasteiger charge is 2.05. The van der Waals surface area contributed by atoms with Crippen molar-refractivity contribution in [1.29, 1.82) is 0 Å². The highest BCUT2D eigenvalue weighted by atomic mass is 16.6. The molecule has 3 nitrogen and oxygen atoms in total. The van der Waals surface area contributed by atoms with E-state index in [1.165, 1.54) is 19.3 Å². The Kier molecular flexibility index (Phi) is 8.64. The third-order valence-corrected chi connectivity index (χ3v) is 4.19. The van der Waals surface area contributed by atoms with Crippen molar-refractivity contribution < 1.29 is 14.6 Å². The van der Waals surface area contributed by atoms with Gasteiger partial charge in [-0.1, -0.05) is 81.1 Å². The highest BCUT2D eigenvalue weighted by molar-refractivity contribution is 6.06. The Morgan fingerprint density at radius 2 is 1.69 bits per heavy atom. The summed E-state index contributed by atoms with van der Waals surface area (Å²) in [5, 5.41) is 9.95. The monoisotopic (exact) mass is 352 g/mol. The summed E-state index contributed by atoms with van der Waals surface area (Å²) in [7, 11) is 0. The first-order chi connectivity index (χ1) is 12.7. The third-order valence-electron chi connectivity index (χ3n) is 4.19. The molecule has 2 aromatic rings. The Morgan fingerprint density at radius 1 is 1.00 bits per heavy atom. The maximum absolute atomic E-state index is 12.1. The first kappa shape index (κ1) is 19.9. The van der Waals surface area contributed by atoms with E-state index in [2.05, 4.69) is 6.92 Å². The molecule has 0 saturated carbocycles. The number of hydrogen-bond donors (Lipinski definition) is 1. The van der Waals surface area contributed by atoms with E-state index in [4.69, 9.17) is 4.74 Å². The van der Waals surface area contributed by atoms with Crippen LogP contribution in [0.4, 0.5) is 0 Å². The van der Waals surface area contributed by atoms with E-state index in [0.29, 0.717) is 17.7 Å². The number of carbonyl (C=O) groups is 1. The first-order valence-corrected chi connectivity index (χ1v) is 9.41. The van der Waals surface area contributed by atoms with Gasteiger partial charge in [-0.15, -0.1) is 0 Å². The third kappa shape index (κ3) is 7.24. The van der Waals surface area contributed by atoms with E-state index in [1.807, 2.05) is 42.5 Å². The Labute approximate surface area is 156 Å². The molecular formula is C23H28O3. The van der Waals surface area contributed by atoms with Crippen LogP contribution in [0, 0.1) is 0 Å². The molecule has 138 valence electrons. The number of unbranched alkanes of at least 4 members (excludes halogenated alkanes) is 4. The van der Waals surface area contributed by atoms with Crippen LogP contribution >= 0.6 is 0 Å². The SMILES string of the molecule is CCCCCCCC(O)Oc1ccc(C=CC(=O)c2ccccc2)cc1. The van der Waals surface area contributed by atoms with Crippen LogP contribution in [0.1, 0.15) is 61.4 Å². The van der Waals surface area contributed by atoms with Crippen molar-refractivity contribution in [1.82, 2.24) is 0 Å². The van der Waals surface area contributed by atoms with Crippen molar-refractivity contribution in [2.24, 2.45) is 0 Å². The van der Waals surface area contributed by atoms with Gasteiger partial charge in [-0.3, -0.25) is 4.79 Å². The number of allylic oxidation sites excluding steroid dienone is 1. The second-order valence-electron chi connectivity index (χ2n) is 6.41. The van der Waals surface area contributed by atoms with Gasteiger partial charge < -0.3 is 9.84 Å². The fourth-order valence-corrected chi connectivity index (χ4v) is 2.67. The average Bonchev–Trinajstić information content (AvgIpc) is 2.67. The Morgan fingerprint density at radius 3 is 2.38 bits per heavy atom. The molecule has 2 rings (SSSR count). The van der Waals surface area contributed by atoms with Crippen LogP contribution in [0.2, 0.25) is 0 Å². The van der Waals surface area contributed by atoms with Crippen LogP contribution in [0.3, 0.4) is 0 Å². The van der Waals surface area contributed by atoms with Gasteiger partial charge in [0.25, 0.3) is 0 Å². The second kappa shape index (κ2) is 11.3. The molecule has 0 saturated heterocycles. The Bertz CT molecular complexity index is 674. The standard InChI is InChI=1S/C23H28O3/c1-2-3-4-5-9-12-23(25)26-21-16-13-19(14-17-21)15-18-22(24)20-10-7-6-8-11-20/h6-8,10-11,13-18,23,25H,2-5,9,12H2,1H3. The van der Waals surface area contributed by atoms with Crippen molar-refractivity contribution in [2.75, 3.05) is 0 Å². The zero-order valence-corrected chi connectivity index (χ0v) is 15.4. The van der Waals surface area contributed by atoms with Crippen molar-refractivity contribution in [3.63, 3.8) is 0 Å². The molecule has 1 N–H and O–H groups in total. The van der Waals surface area contributed by atoms with Gasteiger partial charge in [0.15, 0.2) is 12.1 Å². The quantitative estimate of drug-likeness (QED) is 0.246.